The lowest BCUT2D eigenvalue weighted by Gasteiger charge is -2.18. The van der Waals surface area contributed by atoms with Gasteiger partial charge in [0.1, 0.15) is 5.82 Å². The molecule has 5 heteroatoms. The molecular weight excluding hydrogens is 322 g/mol. The molecule has 0 fully saturated rings. The Kier molecular flexibility index (Phi) is 5.79. The quantitative estimate of drug-likeness (QED) is 0.686. The molecule has 2 heterocycles. The molecule has 26 heavy (non-hydrogen) atoms. The van der Waals surface area contributed by atoms with Gasteiger partial charge in [0.15, 0.2) is 0 Å². The van der Waals surface area contributed by atoms with Crippen LogP contribution in [0.1, 0.15) is 30.9 Å². The van der Waals surface area contributed by atoms with Gasteiger partial charge in [0.2, 0.25) is 5.95 Å². The summed E-state index contributed by atoms with van der Waals surface area (Å²) in [7, 11) is 2.05. The third kappa shape index (κ3) is 4.79. The average Bonchev–Trinajstić information content (AvgIpc) is 2.67. The summed E-state index contributed by atoms with van der Waals surface area (Å²) < 4.78 is 0. The van der Waals surface area contributed by atoms with Crippen LogP contribution >= 0.6 is 0 Å². The number of likely N-dealkylation sites (N-methyl/N-ethyl adjacent to an activating group) is 1. The standard InChI is InChI=1S/C21H25N5/c1-16(2)18-4-6-19(7-5-18)24-21-23-14-10-20(25-21)26(3)15-11-17-8-12-22-13-9-17/h4-10,12-14,16H,11,15H2,1-3H3,(H,23,24,25). The van der Waals surface area contributed by atoms with E-state index in [1.54, 1.807) is 6.20 Å². The Hall–Kier alpha value is -2.95. The van der Waals surface area contributed by atoms with Crippen molar-refractivity contribution in [3.05, 3.63) is 72.2 Å². The van der Waals surface area contributed by atoms with Gasteiger partial charge >= 0.3 is 0 Å². The van der Waals surface area contributed by atoms with E-state index in [2.05, 4.69) is 63.3 Å². The highest BCUT2D eigenvalue weighted by Crippen LogP contribution is 2.20. The molecule has 3 rings (SSSR count). The highest BCUT2D eigenvalue weighted by atomic mass is 15.2. The summed E-state index contributed by atoms with van der Waals surface area (Å²) in [5.74, 6) is 2.03. The molecular formula is C21H25N5. The predicted molar refractivity (Wildman–Crippen MR) is 107 cm³/mol. The van der Waals surface area contributed by atoms with Crippen LogP contribution in [-0.4, -0.2) is 28.5 Å². The molecule has 1 aromatic carbocycles. The van der Waals surface area contributed by atoms with Crippen LogP contribution in [0.4, 0.5) is 17.5 Å². The van der Waals surface area contributed by atoms with Crippen molar-refractivity contribution in [2.75, 3.05) is 23.8 Å². The molecule has 0 atom stereocenters. The molecule has 134 valence electrons. The van der Waals surface area contributed by atoms with Crippen LogP contribution in [0.25, 0.3) is 0 Å². The first-order valence-electron chi connectivity index (χ1n) is 8.92. The maximum Gasteiger partial charge on any atom is 0.229 e. The maximum atomic E-state index is 4.63. The molecule has 1 N–H and O–H groups in total. The van der Waals surface area contributed by atoms with Gasteiger partial charge in [0.05, 0.1) is 0 Å². The van der Waals surface area contributed by atoms with Gasteiger partial charge in [-0.2, -0.15) is 4.98 Å². The minimum absolute atomic E-state index is 0.526. The van der Waals surface area contributed by atoms with Gasteiger partial charge in [-0.3, -0.25) is 4.98 Å². The second-order valence-electron chi connectivity index (χ2n) is 6.67. The van der Waals surface area contributed by atoms with Crippen molar-refractivity contribution in [2.24, 2.45) is 0 Å². The largest absolute Gasteiger partial charge is 0.359 e. The molecule has 0 aliphatic rings. The van der Waals surface area contributed by atoms with Gasteiger partial charge in [0, 0.05) is 37.9 Å². The highest BCUT2D eigenvalue weighted by molar-refractivity contribution is 5.55. The van der Waals surface area contributed by atoms with Gasteiger partial charge in [-0.05, 0) is 53.8 Å². The van der Waals surface area contributed by atoms with Crippen molar-refractivity contribution < 1.29 is 0 Å². The van der Waals surface area contributed by atoms with Crippen LogP contribution in [-0.2, 0) is 6.42 Å². The summed E-state index contributed by atoms with van der Waals surface area (Å²) >= 11 is 0. The number of pyridine rings is 1. The smallest absolute Gasteiger partial charge is 0.229 e. The fourth-order valence-electron chi connectivity index (χ4n) is 2.66. The fraction of sp³-hybridized carbons (Fsp3) is 0.286. The number of nitrogens with one attached hydrogen (secondary N) is 1. The Balaban J connectivity index is 1.63. The van der Waals surface area contributed by atoms with E-state index in [-0.39, 0.29) is 0 Å². The Morgan fingerprint density at radius 1 is 0.962 bits per heavy atom. The van der Waals surface area contributed by atoms with Crippen LogP contribution in [0.2, 0.25) is 0 Å². The summed E-state index contributed by atoms with van der Waals surface area (Å²) in [6.45, 7) is 5.26. The molecule has 0 unspecified atom stereocenters. The van der Waals surface area contributed by atoms with Crippen molar-refractivity contribution in [2.45, 2.75) is 26.2 Å². The Morgan fingerprint density at radius 3 is 2.38 bits per heavy atom. The molecule has 0 aliphatic heterocycles. The normalized spacial score (nSPS) is 10.8. The monoisotopic (exact) mass is 347 g/mol. The van der Waals surface area contributed by atoms with Crippen LogP contribution in [0, 0.1) is 0 Å². The van der Waals surface area contributed by atoms with Crippen molar-refractivity contribution in [3.8, 4) is 0 Å². The van der Waals surface area contributed by atoms with E-state index < -0.39 is 0 Å². The lowest BCUT2D eigenvalue weighted by atomic mass is 10.0. The third-order valence-electron chi connectivity index (χ3n) is 4.35. The number of nitrogens with zero attached hydrogens (tertiary/aromatic N) is 4. The number of benzene rings is 1. The average molecular weight is 347 g/mol. The topological polar surface area (TPSA) is 53.9 Å². The van der Waals surface area contributed by atoms with E-state index in [0.29, 0.717) is 11.9 Å². The zero-order valence-corrected chi connectivity index (χ0v) is 15.6. The number of anilines is 3. The first-order chi connectivity index (χ1) is 12.6. The molecule has 0 radical (unpaired) electrons. The summed E-state index contributed by atoms with van der Waals surface area (Å²) in [5, 5.41) is 3.28. The van der Waals surface area contributed by atoms with Crippen LogP contribution in [0.3, 0.4) is 0 Å². The Bertz CT molecular complexity index is 815. The van der Waals surface area contributed by atoms with E-state index in [0.717, 1.165) is 24.5 Å². The van der Waals surface area contributed by atoms with E-state index in [1.165, 1.54) is 11.1 Å². The van der Waals surface area contributed by atoms with Crippen LogP contribution in [0.5, 0.6) is 0 Å². The first-order valence-corrected chi connectivity index (χ1v) is 8.92. The third-order valence-corrected chi connectivity index (χ3v) is 4.35. The summed E-state index contributed by atoms with van der Waals surface area (Å²) in [6, 6.07) is 14.4. The Morgan fingerprint density at radius 2 is 1.69 bits per heavy atom. The zero-order chi connectivity index (χ0) is 18.4. The van der Waals surface area contributed by atoms with Crippen molar-refractivity contribution in [1.82, 2.24) is 15.0 Å². The number of aromatic nitrogens is 3. The first kappa shape index (κ1) is 17.9. The van der Waals surface area contributed by atoms with E-state index >= 15 is 0 Å². The van der Waals surface area contributed by atoms with E-state index in [4.69, 9.17) is 0 Å². The number of hydrogen-bond acceptors (Lipinski definition) is 5. The van der Waals surface area contributed by atoms with E-state index in [1.807, 2.05) is 37.6 Å². The predicted octanol–water partition coefficient (Wildman–Crippen LogP) is 4.42. The summed E-state index contributed by atoms with van der Waals surface area (Å²) in [5.41, 5.74) is 3.58. The maximum absolute atomic E-state index is 4.63. The van der Waals surface area contributed by atoms with E-state index in [9.17, 15) is 0 Å². The molecule has 0 amide bonds. The van der Waals surface area contributed by atoms with Gasteiger partial charge in [-0.15, -0.1) is 0 Å². The summed E-state index contributed by atoms with van der Waals surface area (Å²) in [6.07, 6.45) is 6.39. The zero-order valence-electron chi connectivity index (χ0n) is 15.6. The minimum Gasteiger partial charge on any atom is -0.359 e. The molecule has 3 aromatic rings. The molecule has 0 saturated heterocycles. The van der Waals surface area contributed by atoms with Gasteiger partial charge in [-0.1, -0.05) is 26.0 Å². The molecule has 0 spiro atoms. The minimum atomic E-state index is 0.526. The SMILES string of the molecule is CC(C)c1ccc(Nc2nccc(N(C)CCc3ccncc3)n2)cc1. The number of hydrogen-bond donors (Lipinski definition) is 1. The second kappa shape index (κ2) is 8.43. The molecule has 0 bridgehead atoms. The van der Waals surface area contributed by atoms with Gasteiger partial charge in [0.25, 0.3) is 0 Å². The van der Waals surface area contributed by atoms with Gasteiger partial charge in [-0.25, -0.2) is 4.98 Å². The van der Waals surface area contributed by atoms with Crippen molar-refractivity contribution in [3.63, 3.8) is 0 Å². The van der Waals surface area contributed by atoms with Crippen molar-refractivity contribution in [1.29, 1.82) is 0 Å². The molecule has 5 nitrogen and oxygen atoms in total. The Labute approximate surface area is 155 Å². The lowest BCUT2D eigenvalue weighted by Crippen LogP contribution is -2.21. The van der Waals surface area contributed by atoms with Gasteiger partial charge < -0.3 is 10.2 Å². The van der Waals surface area contributed by atoms with Crippen LogP contribution in [0.15, 0.2) is 61.1 Å². The van der Waals surface area contributed by atoms with Crippen LogP contribution < -0.4 is 10.2 Å². The second-order valence-corrected chi connectivity index (χ2v) is 6.67. The number of rotatable bonds is 7. The molecule has 0 aliphatic carbocycles. The molecule has 0 saturated carbocycles. The fourth-order valence-corrected chi connectivity index (χ4v) is 2.66. The molecule has 2 aromatic heterocycles. The summed E-state index contributed by atoms with van der Waals surface area (Å²) in [4.78, 5) is 15.2. The highest BCUT2D eigenvalue weighted by Gasteiger charge is 2.06. The lowest BCUT2D eigenvalue weighted by molar-refractivity contribution is 0.855. The van der Waals surface area contributed by atoms with Crippen molar-refractivity contribution >= 4 is 17.5 Å².